The number of esters is 1. The van der Waals surface area contributed by atoms with Crippen LogP contribution in [-0.4, -0.2) is 27.8 Å². The van der Waals surface area contributed by atoms with Crippen LogP contribution in [0.15, 0.2) is 60.7 Å². The van der Waals surface area contributed by atoms with Crippen molar-refractivity contribution in [2.45, 2.75) is 6.54 Å². The van der Waals surface area contributed by atoms with Crippen LogP contribution in [0.1, 0.15) is 15.9 Å². The molecular weight excluding hydrogens is 424 g/mol. The SMILES string of the molecule is COc1ccc2c(c1)c(OC(=O)c1ccc(F)cc1F)nn2Cc1cccc([N+](=O)[O-])c1. The van der Waals surface area contributed by atoms with Crippen LogP contribution in [0.25, 0.3) is 10.9 Å². The van der Waals surface area contributed by atoms with Gasteiger partial charge in [-0.3, -0.25) is 14.8 Å². The third-order valence-electron chi connectivity index (χ3n) is 4.72. The second-order valence-corrected chi connectivity index (χ2v) is 6.79. The van der Waals surface area contributed by atoms with E-state index in [0.717, 1.165) is 12.1 Å². The van der Waals surface area contributed by atoms with Crippen molar-refractivity contribution in [3.63, 3.8) is 0 Å². The van der Waals surface area contributed by atoms with Crippen molar-refractivity contribution >= 4 is 22.6 Å². The van der Waals surface area contributed by atoms with Gasteiger partial charge in [-0.2, -0.15) is 0 Å². The molecule has 10 heteroatoms. The number of carbonyl (C=O) groups is 1. The molecule has 0 aliphatic carbocycles. The lowest BCUT2D eigenvalue weighted by molar-refractivity contribution is -0.384. The molecular formula is C22H15F2N3O5. The number of hydrogen-bond acceptors (Lipinski definition) is 6. The van der Waals surface area contributed by atoms with E-state index in [2.05, 4.69) is 5.10 Å². The highest BCUT2D eigenvalue weighted by Crippen LogP contribution is 2.30. The summed E-state index contributed by atoms with van der Waals surface area (Å²) < 4.78 is 39.2. The molecule has 0 fully saturated rings. The normalized spacial score (nSPS) is 10.8. The Bertz CT molecular complexity index is 1350. The summed E-state index contributed by atoms with van der Waals surface area (Å²) in [6.07, 6.45) is 0. The first-order chi connectivity index (χ1) is 15.4. The van der Waals surface area contributed by atoms with Crippen molar-refractivity contribution in [1.29, 1.82) is 0 Å². The Balaban J connectivity index is 1.73. The lowest BCUT2D eigenvalue weighted by atomic mass is 10.2. The van der Waals surface area contributed by atoms with E-state index in [0.29, 0.717) is 28.3 Å². The number of benzene rings is 3. The standard InChI is InChI=1S/C22H15F2N3O5/c1-31-16-6-8-20-18(11-16)21(32-22(28)17-7-5-14(23)10-19(17)24)25-26(20)12-13-3-2-4-15(9-13)27(29)30/h2-11H,12H2,1H3. The Hall–Kier alpha value is -4.34. The summed E-state index contributed by atoms with van der Waals surface area (Å²) in [4.78, 5) is 23.0. The third kappa shape index (κ3) is 4.10. The molecule has 0 unspecified atom stereocenters. The summed E-state index contributed by atoms with van der Waals surface area (Å²) in [5, 5.41) is 15.8. The molecule has 1 heterocycles. The Morgan fingerprint density at radius 1 is 1.12 bits per heavy atom. The highest BCUT2D eigenvalue weighted by atomic mass is 19.1. The molecule has 0 saturated carbocycles. The highest BCUT2D eigenvalue weighted by Gasteiger charge is 2.20. The maximum Gasteiger partial charge on any atom is 0.347 e. The minimum Gasteiger partial charge on any atom is -0.497 e. The summed E-state index contributed by atoms with van der Waals surface area (Å²) in [6.45, 7) is 0.146. The van der Waals surface area contributed by atoms with Gasteiger partial charge in [0.25, 0.3) is 5.69 Å². The van der Waals surface area contributed by atoms with E-state index in [9.17, 15) is 23.7 Å². The Morgan fingerprint density at radius 3 is 2.66 bits per heavy atom. The Labute approximate surface area is 179 Å². The van der Waals surface area contributed by atoms with E-state index in [1.165, 1.54) is 23.9 Å². The first-order valence-electron chi connectivity index (χ1n) is 9.31. The van der Waals surface area contributed by atoms with Gasteiger partial charge in [0.1, 0.15) is 17.4 Å². The largest absolute Gasteiger partial charge is 0.497 e. The molecule has 0 saturated heterocycles. The van der Waals surface area contributed by atoms with E-state index in [1.807, 2.05) is 0 Å². The van der Waals surface area contributed by atoms with Gasteiger partial charge in [0.05, 0.1) is 35.0 Å². The number of carbonyl (C=O) groups excluding carboxylic acids is 1. The number of nitro groups is 1. The van der Waals surface area contributed by atoms with Gasteiger partial charge in [0.2, 0.25) is 5.88 Å². The van der Waals surface area contributed by atoms with Crippen molar-refractivity contribution in [3.8, 4) is 11.6 Å². The molecule has 3 aromatic carbocycles. The Morgan fingerprint density at radius 2 is 1.94 bits per heavy atom. The molecule has 4 rings (SSSR count). The predicted octanol–water partition coefficient (Wildman–Crippen LogP) is 4.50. The lowest BCUT2D eigenvalue weighted by Crippen LogP contribution is -2.12. The van der Waals surface area contributed by atoms with Crippen LogP contribution in [0.4, 0.5) is 14.5 Å². The van der Waals surface area contributed by atoms with Crippen molar-refractivity contribution < 1.29 is 28.0 Å². The summed E-state index contributed by atoms with van der Waals surface area (Å²) in [5.74, 6) is -2.58. The molecule has 0 bridgehead atoms. The molecule has 4 aromatic rings. The molecule has 8 nitrogen and oxygen atoms in total. The van der Waals surface area contributed by atoms with Crippen LogP contribution in [0, 0.1) is 21.7 Å². The number of methoxy groups -OCH3 is 1. The molecule has 1 aromatic heterocycles. The van der Waals surface area contributed by atoms with Gasteiger partial charge < -0.3 is 9.47 Å². The first kappa shape index (κ1) is 20.9. The van der Waals surface area contributed by atoms with Gasteiger partial charge in [-0.05, 0) is 35.9 Å². The highest BCUT2D eigenvalue weighted by molar-refractivity contribution is 5.94. The average molecular weight is 439 g/mol. The van der Waals surface area contributed by atoms with Gasteiger partial charge in [-0.1, -0.05) is 12.1 Å². The zero-order valence-corrected chi connectivity index (χ0v) is 16.6. The van der Waals surface area contributed by atoms with Gasteiger partial charge >= 0.3 is 5.97 Å². The second kappa shape index (κ2) is 8.42. The first-order valence-corrected chi connectivity index (χ1v) is 9.31. The minimum absolute atomic E-state index is 0.0703. The van der Waals surface area contributed by atoms with E-state index in [1.54, 1.807) is 30.3 Å². The number of nitrogens with zero attached hydrogens (tertiary/aromatic N) is 3. The fraction of sp³-hybridized carbons (Fsp3) is 0.0909. The molecule has 32 heavy (non-hydrogen) atoms. The second-order valence-electron chi connectivity index (χ2n) is 6.79. The van der Waals surface area contributed by atoms with Gasteiger partial charge in [0.15, 0.2) is 0 Å². The number of aromatic nitrogens is 2. The predicted molar refractivity (Wildman–Crippen MR) is 110 cm³/mol. The van der Waals surface area contributed by atoms with E-state index in [4.69, 9.17) is 9.47 Å². The van der Waals surface area contributed by atoms with E-state index < -0.39 is 28.1 Å². The van der Waals surface area contributed by atoms with Crippen LogP contribution in [0.2, 0.25) is 0 Å². The van der Waals surface area contributed by atoms with Crippen LogP contribution >= 0.6 is 0 Å². The number of hydrogen-bond donors (Lipinski definition) is 0. The molecule has 0 aliphatic rings. The molecule has 0 N–H and O–H groups in total. The van der Waals surface area contributed by atoms with Crippen molar-refractivity contribution in [1.82, 2.24) is 9.78 Å². The van der Waals surface area contributed by atoms with Crippen LogP contribution in [-0.2, 0) is 6.54 Å². The molecule has 0 aliphatic heterocycles. The number of ether oxygens (including phenoxy) is 2. The van der Waals surface area contributed by atoms with E-state index >= 15 is 0 Å². The summed E-state index contributed by atoms with van der Waals surface area (Å²) in [5.41, 5.74) is 0.635. The minimum atomic E-state index is -1.06. The van der Waals surface area contributed by atoms with Crippen molar-refractivity contribution in [2.24, 2.45) is 0 Å². The summed E-state index contributed by atoms with van der Waals surface area (Å²) in [6, 6.07) is 13.5. The fourth-order valence-electron chi connectivity index (χ4n) is 3.19. The lowest BCUT2D eigenvalue weighted by Gasteiger charge is -2.04. The van der Waals surface area contributed by atoms with Gasteiger partial charge in [0, 0.05) is 18.2 Å². The maximum atomic E-state index is 14.0. The zero-order valence-electron chi connectivity index (χ0n) is 16.6. The molecule has 0 spiro atoms. The van der Waals surface area contributed by atoms with Crippen molar-refractivity contribution in [3.05, 3.63) is 93.5 Å². The Kier molecular flexibility index (Phi) is 5.50. The van der Waals surface area contributed by atoms with Crippen molar-refractivity contribution in [2.75, 3.05) is 7.11 Å². The number of nitro benzene ring substituents is 1. The summed E-state index contributed by atoms with van der Waals surface area (Å²) in [7, 11) is 1.47. The molecule has 162 valence electrons. The number of rotatable bonds is 6. The van der Waals surface area contributed by atoms with E-state index in [-0.39, 0.29) is 18.1 Å². The smallest absolute Gasteiger partial charge is 0.347 e. The molecule has 0 atom stereocenters. The fourth-order valence-corrected chi connectivity index (χ4v) is 3.19. The van der Waals surface area contributed by atoms with Gasteiger partial charge in [-0.15, -0.1) is 5.10 Å². The molecule has 0 radical (unpaired) electrons. The average Bonchev–Trinajstić information content (AvgIpc) is 3.09. The summed E-state index contributed by atoms with van der Waals surface area (Å²) >= 11 is 0. The number of fused-ring (bicyclic) bond motifs is 1. The molecule has 0 amide bonds. The maximum absolute atomic E-state index is 14.0. The van der Waals surface area contributed by atoms with Crippen LogP contribution in [0.3, 0.4) is 0 Å². The van der Waals surface area contributed by atoms with Crippen LogP contribution in [0.5, 0.6) is 11.6 Å². The van der Waals surface area contributed by atoms with Crippen LogP contribution < -0.4 is 9.47 Å². The number of non-ortho nitro benzene ring substituents is 1. The topological polar surface area (TPSA) is 96.5 Å². The third-order valence-corrected chi connectivity index (χ3v) is 4.72. The monoisotopic (exact) mass is 439 g/mol. The zero-order chi connectivity index (χ0) is 22.8. The number of halogens is 2. The van der Waals surface area contributed by atoms with Gasteiger partial charge in [-0.25, -0.2) is 13.6 Å². The quantitative estimate of drug-likeness (QED) is 0.249.